The van der Waals surface area contributed by atoms with Crippen molar-refractivity contribution in [1.82, 2.24) is 14.5 Å². The summed E-state index contributed by atoms with van der Waals surface area (Å²) in [4.78, 5) is 18.8. The first-order valence-corrected chi connectivity index (χ1v) is 8.73. The van der Waals surface area contributed by atoms with E-state index in [1.165, 1.54) is 12.1 Å². The largest absolute Gasteiger partial charge is 0.370 e. The fourth-order valence-electron chi connectivity index (χ4n) is 3.43. The maximum Gasteiger partial charge on any atom is 0.226 e. The summed E-state index contributed by atoms with van der Waals surface area (Å²) in [5.41, 5.74) is 2.30. The molecule has 5 heteroatoms. The monoisotopic (exact) mass is 325 g/mol. The SMILES string of the molecule is O=C(C1CCC1)N1Cc2cccn2C[C@@H](OCc2ccncc2)C1. The highest BCUT2D eigenvalue weighted by atomic mass is 16.5. The molecular weight excluding hydrogens is 302 g/mol. The molecule has 1 aliphatic carbocycles. The molecule has 0 aromatic carbocycles. The molecule has 0 radical (unpaired) electrons. The molecule has 4 rings (SSSR count). The van der Waals surface area contributed by atoms with Gasteiger partial charge in [0.2, 0.25) is 5.91 Å². The number of hydrogen-bond donors (Lipinski definition) is 0. The molecule has 2 aromatic heterocycles. The van der Waals surface area contributed by atoms with Crippen LogP contribution in [-0.4, -0.2) is 33.0 Å². The van der Waals surface area contributed by atoms with E-state index in [1.807, 2.05) is 23.1 Å². The molecule has 0 unspecified atom stereocenters. The van der Waals surface area contributed by atoms with Gasteiger partial charge in [0, 0.05) is 36.7 Å². The number of carbonyl (C=O) groups is 1. The van der Waals surface area contributed by atoms with Crippen molar-refractivity contribution in [1.29, 1.82) is 0 Å². The number of nitrogens with zero attached hydrogens (tertiary/aromatic N) is 3. The van der Waals surface area contributed by atoms with Crippen molar-refractivity contribution in [3.8, 4) is 0 Å². The Labute approximate surface area is 142 Å². The van der Waals surface area contributed by atoms with Crippen LogP contribution in [0, 0.1) is 5.92 Å². The van der Waals surface area contributed by atoms with Crippen LogP contribution in [0.3, 0.4) is 0 Å². The lowest BCUT2D eigenvalue weighted by molar-refractivity contribution is -0.140. The summed E-state index contributed by atoms with van der Waals surface area (Å²) in [5.74, 6) is 0.528. The quantitative estimate of drug-likeness (QED) is 0.868. The molecule has 0 spiro atoms. The molecule has 3 heterocycles. The van der Waals surface area contributed by atoms with E-state index in [2.05, 4.69) is 21.8 Å². The van der Waals surface area contributed by atoms with E-state index in [0.717, 1.165) is 24.9 Å². The van der Waals surface area contributed by atoms with Gasteiger partial charge in [-0.2, -0.15) is 0 Å². The smallest absolute Gasteiger partial charge is 0.226 e. The second-order valence-electron chi connectivity index (χ2n) is 6.79. The van der Waals surface area contributed by atoms with E-state index in [9.17, 15) is 4.79 Å². The highest BCUT2D eigenvalue weighted by Gasteiger charge is 2.32. The zero-order valence-corrected chi connectivity index (χ0v) is 13.8. The van der Waals surface area contributed by atoms with Crippen molar-refractivity contribution in [2.24, 2.45) is 5.92 Å². The number of carbonyl (C=O) groups excluding carboxylic acids is 1. The fraction of sp³-hybridized carbons (Fsp3) is 0.474. The van der Waals surface area contributed by atoms with Crippen LogP contribution in [0.4, 0.5) is 0 Å². The summed E-state index contributed by atoms with van der Waals surface area (Å²) in [5, 5.41) is 0. The van der Waals surface area contributed by atoms with Gasteiger partial charge in [0.25, 0.3) is 0 Å². The zero-order chi connectivity index (χ0) is 16.4. The third-order valence-corrected chi connectivity index (χ3v) is 5.10. The highest BCUT2D eigenvalue weighted by Crippen LogP contribution is 2.29. The molecular formula is C19H23N3O2. The molecule has 126 valence electrons. The number of hydrogen-bond acceptors (Lipinski definition) is 3. The third kappa shape index (κ3) is 3.22. The Morgan fingerprint density at radius 2 is 2.04 bits per heavy atom. The van der Waals surface area contributed by atoms with E-state index in [-0.39, 0.29) is 12.0 Å². The van der Waals surface area contributed by atoms with Gasteiger partial charge in [-0.15, -0.1) is 0 Å². The van der Waals surface area contributed by atoms with E-state index in [4.69, 9.17) is 4.74 Å². The predicted octanol–water partition coefficient (Wildman–Crippen LogP) is 2.61. The molecule has 0 saturated heterocycles. The van der Waals surface area contributed by atoms with Gasteiger partial charge in [-0.05, 0) is 42.7 Å². The molecule has 2 aliphatic rings. The van der Waals surface area contributed by atoms with Crippen LogP contribution in [0.15, 0.2) is 42.9 Å². The van der Waals surface area contributed by atoms with Crippen LogP contribution in [-0.2, 0) is 29.2 Å². The van der Waals surface area contributed by atoms with Crippen molar-refractivity contribution in [3.05, 3.63) is 54.1 Å². The van der Waals surface area contributed by atoms with Gasteiger partial charge in [0.1, 0.15) is 0 Å². The second-order valence-corrected chi connectivity index (χ2v) is 6.79. The average molecular weight is 325 g/mol. The van der Waals surface area contributed by atoms with Gasteiger partial charge in [-0.3, -0.25) is 9.78 Å². The zero-order valence-electron chi connectivity index (χ0n) is 13.8. The Hall–Kier alpha value is -2.14. The van der Waals surface area contributed by atoms with E-state index in [1.54, 1.807) is 12.4 Å². The lowest BCUT2D eigenvalue weighted by atomic mass is 9.84. The third-order valence-electron chi connectivity index (χ3n) is 5.10. The maximum absolute atomic E-state index is 12.7. The standard InChI is InChI=1S/C19H23N3O2/c23-19(16-3-1-4-16)22-11-17-5-2-10-21(17)12-18(13-22)24-14-15-6-8-20-9-7-15/h2,5-10,16,18H,1,3-4,11-14H2/t18-/m1/s1. The number of pyridine rings is 1. The van der Waals surface area contributed by atoms with Crippen LogP contribution >= 0.6 is 0 Å². The first-order valence-electron chi connectivity index (χ1n) is 8.73. The molecule has 0 bridgehead atoms. The molecule has 1 amide bonds. The fourth-order valence-corrected chi connectivity index (χ4v) is 3.43. The summed E-state index contributed by atoms with van der Waals surface area (Å²) in [7, 11) is 0. The van der Waals surface area contributed by atoms with E-state index >= 15 is 0 Å². The summed E-state index contributed by atoms with van der Waals surface area (Å²) in [6.45, 7) is 2.71. The number of amides is 1. The minimum atomic E-state index is 0.0100. The maximum atomic E-state index is 12.7. The normalized spacial score (nSPS) is 21.0. The van der Waals surface area contributed by atoms with Crippen molar-refractivity contribution in [3.63, 3.8) is 0 Å². The van der Waals surface area contributed by atoms with Crippen LogP contribution in [0.2, 0.25) is 0 Å². The van der Waals surface area contributed by atoms with Crippen LogP contribution in [0.5, 0.6) is 0 Å². The molecule has 5 nitrogen and oxygen atoms in total. The lowest BCUT2D eigenvalue weighted by Gasteiger charge is -2.32. The first kappa shape index (κ1) is 15.4. The van der Waals surface area contributed by atoms with Crippen molar-refractivity contribution in [2.45, 2.75) is 45.1 Å². The molecule has 1 fully saturated rings. The van der Waals surface area contributed by atoms with Gasteiger partial charge < -0.3 is 14.2 Å². The van der Waals surface area contributed by atoms with E-state index < -0.39 is 0 Å². The minimum absolute atomic E-state index is 0.0100. The predicted molar refractivity (Wildman–Crippen MR) is 90.0 cm³/mol. The number of aromatic nitrogens is 2. The Morgan fingerprint density at radius 3 is 2.79 bits per heavy atom. The molecule has 0 N–H and O–H groups in total. The van der Waals surface area contributed by atoms with Crippen molar-refractivity contribution >= 4 is 5.91 Å². The van der Waals surface area contributed by atoms with Gasteiger partial charge in [-0.1, -0.05) is 6.42 Å². The van der Waals surface area contributed by atoms with Gasteiger partial charge in [-0.25, -0.2) is 0 Å². The molecule has 1 aliphatic heterocycles. The Bertz CT molecular complexity index is 694. The Balaban J connectivity index is 1.47. The highest BCUT2D eigenvalue weighted by molar-refractivity contribution is 5.79. The average Bonchev–Trinajstić information content (AvgIpc) is 2.90. The van der Waals surface area contributed by atoms with Gasteiger partial charge in [0.05, 0.1) is 25.8 Å². The van der Waals surface area contributed by atoms with Crippen LogP contribution in [0.25, 0.3) is 0 Å². The second kappa shape index (κ2) is 6.77. The molecule has 1 saturated carbocycles. The Kier molecular flexibility index (Phi) is 4.34. The minimum Gasteiger partial charge on any atom is -0.370 e. The van der Waals surface area contributed by atoms with E-state index in [0.29, 0.717) is 25.6 Å². The number of ether oxygens (including phenoxy) is 1. The summed E-state index contributed by atoms with van der Waals surface area (Å²) < 4.78 is 8.36. The first-order chi connectivity index (χ1) is 11.8. The summed E-state index contributed by atoms with van der Waals surface area (Å²) in [6, 6.07) is 8.09. The van der Waals surface area contributed by atoms with Crippen molar-refractivity contribution in [2.75, 3.05) is 6.54 Å². The molecule has 1 atom stereocenters. The van der Waals surface area contributed by atoms with Gasteiger partial charge in [0.15, 0.2) is 0 Å². The van der Waals surface area contributed by atoms with Crippen LogP contribution < -0.4 is 0 Å². The Morgan fingerprint density at radius 1 is 1.21 bits per heavy atom. The molecule has 24 heavy (non-hydrogen) atoms. The summed E-state index contributed by atoms with van der Waals surface area (Å²) >= 11 is 0. The molecule has 2 aromatic rings. The van der Waals surface area contributed by atoms with Crippen molar-refractivity contribution < 1.29 is 9.53 Å². The van der Waals surface area contributed by atoms with Crippen LogP contribution in [0.1, 0.15) is 30.5 Å². The topological polar surface area (TPSA) is 47.4 Å². The number of fused-ring (bicyclic) bond motifs is 1. The summed E-state index contributed by atoms with van der Waals surface area (Å²) in [6.07, 6.45) is 8.91. The lowest BCUT2D eigenvalue weighted by Crippen LogP contribution is -2.42. The van der Waals surface area contributed by atoms with Gasteiger partial charge >= 0.3 is 0 Å². The number of rotatable bonds is 4.